The Morgan fingerprint density at radius 1 is 1.29 bits per heavy atom. The maximum atomic E-state index is 5.68. The van der Waals surface area contributed by atoms with Crippen LogP contribution in [-0.2, 0) is 11.2 Å². The molecule has 1 unspecified atom stereocenters. The molecular formula is C12H18ClNO3. The van der Waals surface area contributed by atoms with Crippen LogP contribution in [0, 0.1) is 0 Å². The monoisotopic (exact) mass is 259 g/mol. The molecule has 1 aliphatic rings. The summed E-state index contributed by atoms with van der Waals surface area (Å²) in [6, 6.07) is 3.98. The molecule has 2 rings (SSSR count). The molecule has 0 fully saturated rings. The van der Waals surface area contributed by atoms with Gasteiger partial charge in [-0.2, -0.15) is 0 Å². The average Bonchev–Trinajstić information content (AvgIpc) is 2.36. The van der Waals surface area contributed by atoms with E-state index in [0.717, 1.165) is 23.5 Å². The van der Waals surface area contributed by atoms with E-state index in [1.807, 2.05) is 12.1 Å². The zero-order valence-corrected chi connectivity index (χ0v) is 10.9. The van der Waals surface area contributed by atoms with Gasteiger partial charge in [0.1, 0.15) is 0 Å². The van der Waals surface area contributed by atoms with E-state index in [1.54, 1.807) is 14.2 Å². The lowest BCUT2D eigenvalue weighted by molar-refractivity contribution is 0.0482. The van der Waals surface area contributed by atoms with Gasteiger partial charge in [-0.05, 0) is 29.7 Å². The van der Waals surface area contributed by atoms with Crippen LogP contribution in [0.15, 0.2) is 12.1 Å². The second-order valence-corrected chi connectivity index (χ2v) is 3.75. The number of fused-ring (bicyclic) bond motifs is 1. The summed E-state index contributed by atoms with van der Waals surface area (Å²) in [6.07, 6.45) is 0.871. The number of hydrogen-bond donors (Lipinski definition) is 1. The molecule has 1 atom stereocenters. The van der Waals surface area contributed by atoms with E-state index in [1.165, 1.54) is 5.56 Å². The minimum Gasteiger partial charge on any atom is -0.493 e. The zero-order chi connectivity index (χ0) is 11.5. The summed E-state index contributed by atoms with van der Waals surface area (Å²) in [5, 5.41) is 0. The lowest BCUT2D eigenvalue weighted by Crippen LogP contribution is -2.23. The minimum absolute atomic E-state index is 0. The van der Waals surface area contributed by atoms with E-state index in [2.05, 4.69) is 0 Å². The van der Waals surface area contributed by atoms with E-state index < -0.39 is 0 Å². The molecule has 1 aromatic rings. The molecule has 0 saturated carbocycles. The Hall–Kier alpha value is -0.970. The molecular weight excluding hydrogens is 242 g/mol. The van der Waals surface area contributed by atoms with Gasteiger partial charge >= 0.3 is 0 Å². The number of halogens is 1. The second kappa shape index (κ2) is 6.10. The van der Waals surface area contributed by atoms with E-state index in [9.17, 15) is 0 Å². The molecule has 1 aromatic carbocycles. The van der Waals surface area contributed by atoms with Crippen molar-refractivity contribution in [1.29, 1.82) is 0 Å². The normalized spacial score (nSPS) is 17.9. The molecule has 0 aliphatic carbocycles. The van der Waals surface area contributed by atoms with Crippen LogP contribution >= 0.6 is 12.4 Å². The molecule has 4 nitrogen and oxygen atoms in total. The summed E-state index contributed by atoms with van der Waals surface area (Å²) in [6.45, 7) is 1.20. The van der Waals surface area contributed by atoms with E-state index in [4.69, 9.17) is 19.9 Å². The first-order valence-electron chi connectivity index (χ1n) is 5.36. The number of nitrogens with two attached hydrogens (primary N) is 1. The first kappa shape index (κ1) is 14.1. The Morgan fingerprint density at radius 2 is 1.94 bits per heavy atom. The molecule has 2 N–H and O–H groups in total. The number of methoxy groups -OCH3 is 2. The van der Waals surface area contributed by atoms with Crippen LogP contribution in [0.1, 0.15) is 17.2 Å². The van der Waals surface area contributed by atoms with Gasteiger partial charge < -0.3 is 19.9 Å². The smallest absolute Gasteiger partial charge is 0.161 e. The fourth-order valence-corrected chi connectivity index (χ4v) is 2.05. The molecule has 0 spiro atoms. The van der Waals surface area contributed by atoms with Crippen molar-refractivity contribution in [1.82, 2.24) is 0 Å². The lowest BCUT2D eigenvalue weighted by Gasteiger charge is -2.26. The van der Waals surface area contributed by atoms with Crippen LogP contribution in [-0.4, -0.2) is 27.4 Å². The number of ether oxygens (including phenoxy) is 3. The number of benzene rings is 1. The standard InChI is InChI=1S/C12H17NO3.ClH/c1-14-10-5-8-3-4-16-12(7-13)9(8)6-11(10)15-2;/h5-6,12H,3-4,7,13H2,1-2H3;1H. The number of rotatable bonds is 3. The van der Waals surface area contributed by atoms with Crippen molar-refractivity contribution in [2.75, 3.05) is 27.4 Å². The van der Waals surface area contributed by atoms with Crippen LogP contribution in [0.4, 0.5) is 0 Å². The lowest BCUT2D eigenvalue weighted by atomic mass is 9.96. The SMILES string of the molecule is COc1cc2c(cc1OC)C(CN)OCC2.Cl. The molecule has 1 heterocycles. The summed E-state index contributed by atoms with van der Waals surface area (Å²) in [7, 11) is 3.27. The Morgan fingerprint density at radius 3 is 2.53 bits per heavy atom. The van der Waals surface area contributed by atoms with Crippen molar-refractivity contribution in [2.24, 2.45) is 5.73 Å². The Kier molecular flexibility index (Phi) is 5.05. The molecule has 5 heteroatoms. The topological polar surface area (TPSA) is 53.7 Å². The van der Waals surface area contributed by atoms with Gasteiger partial charge in [0.2, 0.25) is 0 Å². The highest BCUT2D eigenvalue weighted by Gasteiger charge is 2.22. The predicted octanol–water partition coefficient (Wildman–Crippen LogP) is 1.70. The van der Waals surface area contributed by atoms with Crippen LogP contribution in [0.3, 0.4) is 0 Å². The van der Waals surface area contributed by atoms with Gasteiger partial charge in [0.25, 0.3) is 0 Å². The fraction of sp³-hybridized carbons (Fsp3) is 0.500. The predicted molar refractivity (Wildman–Crippen MR) is 68.2 cm³/mol. The largest absolute Gasteiger partial charge is 0.493 e. The molecule has 17 heavy (non-hydrogen) atoms. The first-order chi connectivity index (χ1) is 7.80. The summed E-state index contributed by atoms with van der Waals surface area (Å²) in [5.41, 5.74) is 8.04. The molecule has 0 amide bonds. The quantitative estimate of drug-likeness (QED) is 0.898. The van der Waals surface area contributed by atoms with Gasteiger partial charge in [0, 0.05) is 6.54 Å². The van der Waals surface area contributed by atoms with Crippen LogP contribution in [0.2, 0.25) is 0 Å². The minimum atomic E-state index is -0.0245. The first-order valence-corrected chi connectivity index (χ1v) is 5.36. The van der Waals surface area contributed by atoms with Gasteiger partial charge in [0.05, 0.1) is 26.9 Å². The maximum Gasteiger partial charge on any atom is 0.161 e. The molecule has 0 aromatic heterocycles. The molecule has 1 aliphatic heterocycles. The van der Waals surface area contributed by atoms with Gasteiger partial charge in [-0.25, -0.2) is 0 Å². The van der Waals surface area contributed by atoms with Crippen molar-refractivity contribution in [3.8, 4) is 11.5 Å². The number of hydrogen-bond acceptors (Lipinski definition) is 4. The van der Waals surface area contributed by atoms with Crippen molar-refractivity contribution < 1.29 is 14.2 Å². The summed E-state index contributed by atoms with van der Waals surface area (Å²) in [4.78, 5) is 0. The van der Waals surface area contributed by atoms with Gasteiger partial charge in [-0.1, -0.05) is 0 Å². The Balaban J connectivity index is 0.00000144. The van der Waals surface area contributed by atoms with Crippen LogP contribution in [0.5, 0.6) is 11.5 Å². The van der Waals surface area contributed by atoms with Crippen LogP contribution in [0.25, 0.3) is 0 Å². The highest BCUT2D eigenvalue weighted by atomic mass is 35.5. The summed E-state index contributed by atoms with van der Waals surface area (Å²) < 4.78 is 16.2. The second-order valence-electron chi connectivity index (χ2n) is 3.75. The molecule has 0 radical (unpaired) electrons. The van der Waals surface area contributed by atoms with Crippen molar-refractivity contribution in [3.63, 3.8) is 0 Å². The Labute approximate surface area is 107 Å². The molecule has 96 valence electrons. The highest BCUT2D eigenvalue weighted by Crippen LogP contribution is 2.36. The third kappa shape index (κ3) is 2.65. The highest BCUT2D eigenvalue weighted by molar-refractivity contribution is 5.85. The summed E-state index contributed by atoms with van der Waals surface area (Å²) in [5.74, 6) is 1.49. The van der Waals surface area contributed by atoms with E-state index >= 15 is 0 Å². The third-order valence-electron chi connectivity index (χ3n) is 2.90. The molecule has 0 saturated heterocycles. The third-order valence-corrected chi connectivity index (χ3v) is 2.90. The molecule has 0 bridgehead atoms. The van der Waals surface area contributed by atoms with Crippen molar-refractivity contribution in [3.05, 3.63) is 23.3 Å². The maximum absolute atomic E-state index is 5.68. The van der Waals surface area contributed by atoms with Gasteiger partial charge in [-0.15, -0.1) is 12.4 Å². The summed E-state index contributed by atoms with van der Waals surface area (Å²) >= 11 is 0. The fourth-order valence-electron chi connectivity index (χ4n) is 2.05. The zero-order valence-electron chi connectivity index (χ0n) is 10.1. The van der Waals surface area contributed by atoms with Crippen molar-refractivity contribution >= 4 is 12.4 Å². The average molecular weight is 260 g/mol. The van der Waals surface area contributed by atoms with Gasteiger partial charge in [0.15, 0.2) is 11.5 Å². The Bertz CT molecular complexity index is 384. The van der Waals surface area contributed by atoms with Crippen molar-refractivity contribution in [2.45, 2.75) is 12.5 Å². The van der Waals surface area contributed by atoms with E-state index in [-0.39, 0.29) is 18.5 Å². The van der Waals surface area contributed by atoms with Gasteiger partial charge in [-0.3, -0.25) is 0 Å². The van der Waals surface area contributed by atoms with E-state index in [0.29, 0.717) is 13.2 Å². The van der Waals surface area contributed by atoms with Crippen LogP contribution < -0.4 is 15.2 Å².